The van der Waals surface area contributed by atoms with Gasteiger partial charge >= 0.3 is 67.1 Å². The Morgan fingerprint density at radius 1 is 1.00 bits per heavy atom. The van der Waals surface area contributed by atoms with Gasteiger partial charge in [0.1, 0.15) is 0 Å². The molecule has 0 N–H and O–H groups in total. The van der Waals surface area contributed by atoms with Crippen molar-refractivity contribution >= 4 is 25.8 Å². The van der Waals surface area contributed by atoms with Gasteiger partial charge < -0.3 is 0 Å². The maximum absolute atomic E-state index is 4.26. The molecule has 2 heteroatoms. The molecule has 0 atom stereocenters. The van der Waals surface area contributed by atoms with Gasteiger partial charge in [-0.15, -0.1) is 0 Å². The summed E-state index contributed by atoms with van der Waals surface area (Å²) in [4.78, 5) is 4.26. The van der Waals surface area contributed by atoms with Gasteiger partial charge in [-0.1, -0.05) is 0 Å². The van der Waals surface area contributed by atoms with E-state index in [0.29, 0.717) is 0 Å². The average molecular weight is 137 g/mol. The molecule has 0 aliphatic heterocycles. The number of fused-ring (bicyclic) bond motifs is 1. The van der Waals surface area contributed by atoms with Crippen LogP contribution in [0.3, 0.4) is 0 Å². The zero-order chi connectivity index (χ0) is 7.68. The Kier molecular flexibility index (Phi) is 1.45. The molecule has 0 saturated heterocycles. The van der Waals surface area contributed by atoms with Crippen LogP contribution in [-0.4, -0.2) is 14.4 Å². The molecule has 0 bridgehead atoms. The van der Waals surface area contributed by atoms with Crippen molar-refractivity contribution in [1.29, 1.82) is 0 Å². The van der Waals surface area contributed by atoms with Crippen molar-refractivity contribution in [3.05, 3.63) is 36.4 Å². The van der Waals surface area contributed by atoms with Gasteiger partial charge in [0.15, 0.2) is 0 Å². The number of para-hydroxylation sites is 1. The molecule has 2 rings (SSSR count). The fourth-order valence-electron chi connectivity index (χ4n) is 1.11. The van der Waals surface area contributed by atoms with Gasteiger partial charge in [0.05, 0.1) is 0 Å². The molecule has 0 amide bonds. The van der Waals surface area contributed by atoms with Crippen LogP contribution in [0, 0.1) is 0 Å². The van der Waals surface area contributed by atoms with Crippen LogP contribution in [0.25, 0.3) is 10.9 Å². The van der Waals surface area contributed by atoms with Crippen LogP contribution in [0.4, 0.5) is 0 Å². The molecule has 0 fully saturated rings. The normalized spacial score (nSPS) is 10.1. The van der Waals surface area contributed by atoms with E-state index in [2.05, 4.69) is 14.4 Å². The summed E-state index contributed by atoms with van der Waals surface area (Å²) in [5.74, 6) is 0. The zero-order valence-corrected chi connectivity index (χ0v) is 6.12. The minimum absolute atomic E-state index is 0.823. The predicted molar refractivity (Wildman–Crippen MR) is 47.1 cm³/mol. The number of nitrogens with zero attached hydrogens (tertiary/aromatic N) is 1. The summed E-state index contributed by atoms with van der Waals surface area (Å²) < 4.78 is 0. The molecule has 1 radical (unpaired) electrons. The number of hydrogen-bond donors (Lipinski definition) is 0. The second kappa shape index (κ2) is 2.44. The van der Waals surface area contributed by atoms with Gasteiger partial charge in [0.25, 0.3) is 0 Å². The summed E-state index contributed by atoms with van der Waals surface area (Å²) in [6.07, 6.45) is 0. The van der Waals surface area contributed by atoms with Crippen LogP contribution in [0.1, 0.15) is 0 Å². The standard InChI is InChI=1S/C9H6N.Be/c1-2-6-9-8(4-1)5-3-7-10-9;/h1-6H;. The van der Waals surface area contributed by atoms with Gasteiger partial charge in [0, 0.05) is 0 Å². The summed E-state index contributed by atoms with van der Waals surface area (Å²) >= 11 is 0. The Hall–Kier alpha value is -1.20. The summed E-state index contributed by atoms with van der Waals surface area (Å²) in [6, 6.07) is 12.0. The van der Waals surface area contributed by atoms with Gasteiger partial charge in [-0.3, -0.25) is 0 Å². The molecule has 11 heavy (non-hydrogen) atoms. The summed E-state index contributed by atoms with van der Waals surface area (Å²) in [5, 5.41) is 1.17. The minimum atomic E-state index is 0.823. The molecule has 0 saturated carbocycles. The first-order valence-corrected chi connectivity index (χ1v) is 3.54. The number of hydrogen-bond acceptors (Lipinski definition) is 1. The first kappa shape index (κ1) is 6.51. The third-order valence-electron chi connectivity index (χ3n) is 1.66. The second-order valence-corrected chi connectivity index (χ2v) is 2.50. The predicted octanol–water partition coefficient (Wildman–Crippen LogP) is 1.03. The van der Waals surface area contributed by atoms with E-state index in [4.69, 9.17) is 0 Å². The molecule has 1 nitrogen and oxygen atoms in total. The summed E-state index contributed by atoms with van der Waals surface area (Å²) in [7, 11) is 3.76. The monoisotopic (exact) mass is 137 g/mol. The Morgan fingerprint density at radius 2 is 1.82 bits per heavy atom. The van der Waals surface area contributed by atoms with Gasteiger partial charge in [0.2, 0.25) is 0 Å². The van der Waals surface area contributed by atoms with Crippen LogP contribution in [0.5, 0.6) is 0 Å². The number of rotatable bonds is 0. The molecule has 1 aromatic carbocycles. The molecule has 0 aliphatic rings. The van der Waals surface area contributed by atoms with E-state index in [0.717, 1.165) is 10.9 Å². The Balaban J connectivity index is 2.83. The summed E-state index contributed by atoms with van der Waals surface area (Å²) in [6.45, 7) is 0. The Morgan fingerprint density at radius 3 is 2.73 bits per heavy atom. The van der Waals surface area contributed by atoms with E-state index in [1.807, 2.05) is 36.4 Å². The molecule has 1 heterocycles. The quantitative estimate of drug-likeness (QED) is 0.494. The van der Waals surface area contributed by atoms with E-state index in [1.165, 1.54) is 5.39 Å². The van der Waals surface area contributed by atoms with Crippen LogP contribution in [0.2, 0.25) is 0 Å². The van der Waals surface area contributed by atoms with Crippen molar-refractivity contribution in [3.63, 3.8) is 0 Å². The first-order valence-electron chi connectivity index (χ1n) is 3.54. The van der Waals surface area contributed by atoms with Crippen molar-refractivity contribution in [2.75, 3.05) is 0 Å². The van der Waals surface area contributed by atoms with Crippen LogP contribution >= 0.6 is 0 Å². The second-order valence-electron chi connectivity index (χ2n) is 2.50. The molecule has 49 valence electrons. The van der Waals surface area contributed by atoms with Crippen LogP contribution < -0.4 is 5.41 Å². The number of aromatic nitrogens is 1. The number of pyridine rings is 1. The van der Waals surface area contributed by atoms with Crippen molar-refractivity contribution in [2.45, 2.75) is 0 Å². The average Bonchev–Trinajstić information content (AvgIpc) is 2.04. The van der Waals surface area contributed by atoms with E-state index < -0.39 is 0 Å². The molecule has 0 unspecified atom stereocenters. The summed E-state index contributed by atoms with van der Waals surface area (Å²) in [5.41, 5.74) is 1.84. The van der Waals surface area contributed by atoms with E-state index in [1.54, 1.807) is 0 Å². The van der Waals surface area contributed by atoms with Crippen molar-refractivity contribution in [3.8, 4) is 0 Å². The van der Waals surface area contributed by atoms with Crippen LogP contribution in [0.15, 0.2) is 36.4 Å². The van der Waals surface area contributed by atoms with Crippen molar-refractivity contribution in [2.24, 2.45) is 0 Å². The zero-order valence-electron chi connectivity index (χ0n) is 6.12. The van der Waals surface area contributed by atoms with Crippen LogP contribution in [-0.2, 0) is 0 Å². The molecular weight excluding hydrogens is 131 g/mol. The van der Waals surface area contributed by atoms with E-state index in [9.17, 15) is 0 Å². The third kappa shape index (κ3) is 1.15. The number of benzene rings is 1. The SMILES string of the molecule is [Be][c]1ccc2ccccc2n1. The molecule has 2 aromatic rings. The Labute approximate surface area is 67.8 Å². The topological polar surface area (TPSA) is 12.9 Å². The fourth-order valence-corrected chi connectivity index (χ4v) is 1.11. The van der Waals surface area contributed by atoms with Gasteiger partial charge in [-0.05, 0) is 0 Å². The van der Waals surface area contributed by atoms with E-state index in [-0.39, 0.29) is 0 Å². The first-order chi connectivity index (χ1) is 5.36. The molecule has 1 aromatic heterocycles. The molecule has 0 spiro atoms. The maximum atomic E-state index is 4.26. The molecular formula is C9H6BeN. The third-order valence-corrected chi connectivity index (χ3v) is 1.66. The fraction of sp³-hybridized carbons (Fsp3) is 0. The van der Waals surface area contributed by atoms with E-state index >= 15 is 0 Å². The van der Waals surface area contributed by atoms with Crippen molar-refractivity contribution < 1.29 is 0 Å². The Bertz CT molecular complexity index is 384. The molecule has 0 aliphatic carbocycles. The van der Waals surface area contributed by atoms with Gasteiger partial charge in [-0.2, -0.15) is 0 Å². The van der Waals surface area contributed by atoms with Crippen molar-refractivity contribution in [1.82, 2.24) is 4.98 Å². The van der Waals surface area contributed by atoms with Gasteiger partial charge in [-0.25, -0.2) is 0 Å².